The van der Waals surface area contributed by atoms with E-state index in [9.17, 15) is 9.18 Å². The van der Waals surface area contributed by atoms with E-state index in [1.165, 1.54) is 6.07 Å². The Kier molecular flexibility index (Phi) is 6.05. The topological polar surface area (TPSA) is 101 Å². The van der Waals surface area contributed by atoms with Crippen LogP contribution in [0.15, 0.2) is 48.5 Å². The Morgan fingerprint density at radius 1 is 1.00 bits per heavy atom. The summed E-state index contributed by atoms with van der Waals surface area (Å²) < 4.78 is 15.7. The number of imidazole rings is 1. The van der Waals surface area contributed by atoms with Crippen LogP contribution in [0.4, 0.5) is 10.1 Å². The maximum atomic E-state index is 14.0. The first-order valence-electron chi connectivity index (χ1n) is 11.7. The van der Waals surface area contributed by atoms with Gasteiger partial charge >= 0.3 is 0 Å². The summed E-state index contributed by atoms with van der Waals surface area (Å²) in [5, 5.41) is 7.54. The number of hydrogen-bond donors (Lipinski definition) is 2. The van der Waals surface area contributed by atoms with Gasteiger partial charge in [0.25, 0.3) is 5.95 Å². The summed E-state index contributed by atoms with van der Waals surface area (Å²) >= 11 is 0. The number of nitrogens with one attached hydrogen (secondary N) is 2. The molecule has 0 aliphatic rings. The first-order valence-corrected chi connectivity index (χ1v) is 11.7. The predicted octanol–water partition coefficient (Wildman–Crippen LogP) is 4.68. The SMILES string of the molecule is Cc1cc(C)nc(-n2nc(C)c(CC(=O)Nc3ccc4nc(Cc5ccccc5F)[nH]c4c3)c2C)n1. The predicted molar refractivity (Wildman–Crippen MR) is 136 cm³/mol. The molecular formula is C27H26FN7O. The Hall–Kier alpha value is -4.40. The van der Waals surface area contributed by atoms with E-state index in [-0.39, 0.29) is 18.1 Å². The number of carbonyl (C=O) groups is 1. The third-order valence-electron chi connectivity index (χ3n) is 6.07. The molecule has 0 unspecified atom stereocenters. The number of H-pyrrole nitrogens is 1. The van der Waals surface area contributed by atoms with E-state index in [0.29, 0.717) is 29.4 Å². The molecular weight excluding hydrogens is 457 g/mol. The molecule has 2 N–H and O–H groups in total. The zero-order valence-electron chi connectivity index (χ0n) is 20.6. The lowest BCUT2D eigenvalue weighted by Crippen LogP contribution is -2.15. The number of nitrogens with zero attached hydrogens (tertiary/aromatic N) is 5. The highest BCUT2D eigenvalue weighted by atomic mass is 19.1. The Labute approximate surface area is 207 Å². The second-order valence-electron chi connectivity index (χ2n) is 8.92. The van der Waals surface area contributed by atoms with Crippen LogP contribution in [0.3, 0.4) is 0 Å². The Balaban J connectivity index is 1.32. The fourth-order valence-corrected chi connectivity index (χ4v) is 4.34. The highest BCUT2D eigenvalue weighted by Crippen LogP contribution is 2.21. The standard InChI is InChI=1S/C27H26FN7O/c1-15-11-16(2)30-27(29-15)35-18(4)21(17(3)34-35)14-26(36)31-20-9-10-23-24(13-20)33-25(32-23)12-19-7-5-6-8-22(19)28/h5-11,13H,12,14H2,1-4H3,(H,31,36)(H,32,33). The maximum absolute atomic E-state index is 14.0. The number of amides is 1. The van der Waals surface area contributed by atoms with Crippen LogP contribution >= 0.6 is 0 Å². The zero-order chi connectivity index (χ0) is 25.4. The lowest BCUT2D eigenvalue weighted by atomic mass is 10.1. The number of aromatic nitrogens is 6. The van der Waals surface area contributed by atoms with Crippen molar-refractivity contribution in [2.75, 3.05) is 5.32 Å². The van der Waals surface area contributed by atoms with E-state index >= 15 is 0 Å². The summed E-state index contributed by atoms with van der Waals surface area (Å²) in [7, 11) is 0. The minimum atomic E-state index is -0.260. The number of rotatable bonds is 6. The van der Waals surface area contributed by atoms with Gasteiger partial charge < -0.3 is 10.3 Å². The number of aromatic amines is 1. The summed E-state index contributed by atoms with van der Waals surface area (Å²) in [6.45, 7) is 7.62. The van der Waals surface area contributed by atoms with Crippen molar-refractivity contribution in [1.29, 1.82) is 0 Å². The minimum absolute atomic E-state index is 0.160. The van der Waals surface area contributed by atoms with Gasteiger partial charge in [0.15, 0.2) is 0 Å². The average Bonchev–Trinajstić information content (AvgIpc) is 3.34. The fraction of sp³-hybridized carbons (Fsp3) is 0.222. The summed E-state index contributed by atoms with van der Waals surface area (Å²) in [6, 6.07) is 14.0. The van der Waals surface area contributed by atoms with Crippen LogP contribution in [-0.4, -0.2) is 35.6 Å². The van der Waals surface area contributed by atoms with Gasteiger partial charge in [0.05, 0.1) is 23.1 Å². The van der Waals surface area contributed by atoms with Gasteiger partial charge in [0, 0.05) is 34.8 Å². The molecule has 0 aliphatic carbocycles. The van der Waals surface area contributed by atoms with Crippen molar-refractivity contribution in [1.82, 2.24) is 29.7 Å². The van der Waals surface area contributed by atoms with Crippen LogP contribution in [0.25, 0.3) is 17.0 Å². The monoisotopic (exact) mass is 483 g/mol. The number of fused-ring (bicyclic) bond motifs is 1. The van der Waals surface area contributed by atoms with E-state index in [2.05, 4.69) is 30.4 Å². The summed E-state index contributed by atoms with van der Waals surface area (Å²) in [5.74, 6) is 0.734. The molecule has 3 heterocycles. The summed E-state index contributed by atoms with van der Waals surface area (Å²) in [5.41, 5.74) is 6.88. The van der Waals surface area contributed by atoms with Gasteiger partial charge in [-0.25, -0.2) is 24.0 Å². The largest absolute Gasteiger partial charge is 0.342 e. The minimum Gasteiger partial charge on any atom is -0.342 e. The smallest absolute Gasteiger partial charge is 0.251 e. The molecule has 0 radical (unpaired) electrons. The van der Waals surface area contributed by atoms with Crippen LogP contribution in [0.1, 0.15) is 39.7 Å². The molecule has 2 aromatic carbocycles. The lowest BCUT2D eigenvalue weighted by molar-refractivity contribution is -0.115. The van der Waals surface area contributed by atoms with Crippen LogP contribution in [-0.2, 0) is 17.6 Å². The van der Waals surface area contributed by atoms with Gasteiger partial charge in [0.1, 0.15) is 11.6 Å². The molecule has 8 nitrogen and oxygen atoms in total. The number of halogens is 1. The fourth-order valence-electron chi connectivity index (χ4n) is 4.34. The number of aryl methyl sites for hydroxylation is 3. The van der Waals surface area contributed by atoms with Gasteiger partial charge in [-0.3, -0.25) is 4.79 Å². The van der Waals surface area contributed by atoms with Gasteiger partial charge in [-0.1, -0.05) is 18.2 Å². The molecule has 0 saturated heterocycles. The number of benzene rings is 2. The first-order chi connectivity index (χ1) is 17.3. The van der Waals surface area contributed by atoms with Crippen molar-refractivity contribution < 1.29 is 9.18 Å². The van der Waals surface area contributed by atoms with Crippen LogP contribution in [0, 0.1) is 33.5 Å². The van der Waals surface area contributed by atoms with Gasteiger partial charge in [-0.15, -0.1) is 0 Å². The molecule has 0 spiro atoms. The quantitative estimate of drug-likeness (QED) is 0.365. The van der Waals surface area contributed by atoms with Crippen LogP contribution in [0.5, 0.6) is 0 Å². The van der Waals surface area contributed by atoms with E-state index in [1.54, 1.807) is 28.9 Å². The van der Waals surface area contributed by atoms with Crippen molar-refractivity contribution in [2.45, 2.75) is 40.5 Å². The molecule has 36 heavy (non-hydrogen) atoms. The summed E-state index contributed by atoms with van der Waals surface area (Å²) in [4.78, 5) is 29.7. The molecule has 5 aromatic rings. The normalized spacial score (nSPS) is 11.2. The third kappa shape index (κ3) is 4.72. The highest BCUT2D eigenvalue weighted by Gasteiger charge is 2.18. The molecule has 5 rings (SSSR count). The summed E-state index contributed by atoms with van der Waals surface area (Å²) in [6.07, 6.45) is 0.526. The van der Waals surface area contributed by atoms with E-state index < -0.39 is 0 Å². The molecule has 3 aromatic heterocycles. The second-order valence-corrected chi connectivity index (χ2v) is 8.92. The van der Waals surface area contributed by atoms with E-state index in [1.807, 2.05) is 45.9 Å². The molecule has 1 amide bonds. The zero-order valence-corrected chi connectivity index (χ0v) is 20.6. The van der Waals surface area contributed by atoms with E-state index in [0.717, 1.165) is 39.4 Å². The Morgan fingerprint density at radius 2 is 1.75 bits per heavy atom. The number of carbonyl (C=O) groups excluding carboxylic acids is 1. The highest BCUT2D eigenvalue weighted by molar-refractivity contribution is 5.94. The molecule has 9 heteroatoms. The molecule has 0 atom stereocenters. The van der Waals surface area contributed by atoms with Crippen LogP contribution in [0.2, 0.25) is 0 Å². The van der Waals surface area contributed by atoms with Crippen molar-refractivity contribution >= 4 is 22.6 Å². The maximum Gasteiger partial charge on any atom is 0.251 e. The molecule has 0 bridgehead atoms. The molecule has 182 valence electrons. The lowest BCUT2D eigenvalue weighted by Gasteiger charge is -2.07. The van der Waals surface area contributed by atoms with Crippen molar-refractivity contribution in [3.63, 3.8) is 0 Å². The van der Waals surface area contributed by atoms with Crippen molar-refractivity contribution in [3.8, 4) is 5.95 Å². The van der Waals surface area contributed by atoms with Crippen molar-refractivity contribution in [3.05, 3.63) is 94.1 Å². The Morgan fingerprint density at radius 3 is 2.50 bits per heavy atom. The average molecular weight is 484 g/mol. The molecule has 0 saturated carbocycles. The number of hydrogen-bond acceptors (Lipinski definition) is 5. The van der Waals surface area contributed by atoms with Gasteiger partial charge in [-0.2, -0.15) is 5.10 Å². The second kappa shape index (κ2) is 9.33. The Bertz CT molecular complexity index is 1580. The van der Waals surface area contributed by atoms with Crippen LogP contribution < -0.4 is 5.32 Å². The molecule has 0 fully saturated rings. The van der Waals surface area contributed by atoms with Gasteiger partial charge in [-0.05, 0) is 63.6 Å². The van der Waals surface area contributed by atoms with Gasteiger partial charge in [0.2, 0.25) is 5.91 Å². The van der Waals surface area contributed by atoms with Crippen molar-refractivity contribution in [2.24, 2.45) is 0 Å². The molecule has 0 aliphatic heterocycles. The number of anilines is 1. The third-order valence-corrected chi connectivity index (χ3v) is 6.07. The first kappa shape index (κ1) is 23.3. The van der Waals surface area contributed by atoms with E-state index in [4.69, 9.17) is 0 Å².